The van der Waals surface area contributed by atoms with Gasteiger partial charge in [-0.15, -0.1) is 10.2 Å². The van der Waals surface area contributed by atoms with Crippen molar-refractivity contribution in [1.82, 2.24) is 15.1 Å². The van der Waals surface area contributed by atoms with Crippen LogP contribution in [-0.4, -0.2) is 32.2 Å². The minimum absolute atomic E-state index is 0.0945. The highest BCUT2D eigenvalue weighted by Gasteiger charge is 2.45. The fraction of sp³-hybridized carbons (Fsp3) is 0.318. The highest BCUT2D eigenvalue weighted by Crippen LogP contribution is 2.44. The number of aliphatic hydroxyl groups excluding tert-OH is 1. The maximum absolute atomic E-state index is 13.7. The van der Waals surface area contributed by atoms with Crippen LogP contribution in [-0.2, 0) is 6.54 Å². The van der Waals surface area contributed by atoms with Crippen molar-refractivity contribution >= 4 is 5.91 Å². The molecule has 2 atom stereocenters. The van der Waals surface area contributed by atoms with Gasteiger partial charge in [0.05, 0.1) is 12.1 Å². The number of nitrogens with zero attached hydrogens (tertiary/aromatic N) is 3. The molecule has 1 aliphatic heterocycles. The molecule has 1 N–H and O–H groups in total. The lowest BCUT2D eigenvalue weighted by Gasteiger charge is -2.32. The molecule has 2 aromatic carbocycles. The van der Waals surface area contributed by atoms with Crippen molar-refractivity contribution in [2.45, 2.75) is 38.0 Å². The molecule has 1 saturated carbocycles. The quantitative estimate of drug-likeness (QED) is 0.633. The molecule has 0 bridgehead atoms. The van der Waals surface area contributed by atoms with Crippen LogP contribution in [0.2, 0.25) is 0 Å². The molecule has 3 aromatic rings. The summed E-state index contributed by atoms with van der Waals surface area (Å²) in [7, 11) is 0. The van der Waals surface area contributed by atoms with E-state index in [0.29, 0.717) is 23.2 Å². The van der Waals surface area contributed by atoms with Crippen LogP contribution >= 0.6 is 0 Å². The number of hydrogen-bond donors (Lipinski definition) is 1. The number of halogens is 3. The number of carbonyl (C=O) groups excluding carboxylic acids is 1. The smallest absolute Gasteiger partial charge is 0.314 e. The van der Waals surface area contributed by atoms with Gasteiger partial charge in [-0.1, -0.05) is 18.2 Å². The first-order valence-corrected chi connectivity index (χ1v) is 9.91. The molecule has 0 radical (unpaired) electrons. The first-order chi connectivity index (χ1) is 14.9. The van der Waals surface area contributed by atoms with E-state index in [-0.39, 0.29) is 17.7 Å². The molecule has 5 rings (SSSR count). The fourth-order valence-corrected chi connectivity index (χ4v) is 4.14. The average molecular weight is 429 g/mol. The summed E-state index contributed by atoms with van der Waals surface area (Å²) in [6.07, 6.45) is -2.15. The lowest BCUT2D eigenvalue weighted by atomic mass is 9.97. The van der Waals surface area contributed by atoms with Crippen molar-refractivity contribution in [1.29, 1.82) is 0 Å². The second-order valence-corrected chi connectivity index (χ2v) is 7.88. The van der Waals surface area contributed by atoms with Crippen LogP contribution in [0.1, 0.15) is 52.7 Å². The summed E-state index contributed by atoms with van der Waals surface area (Å²) in [5.74, 6) is -1.48. The summed E-state index contributed by atoms with van der Waals surface area (Å²) in [4.78, 5) is 14.8. The van der Waals surface area contributed by atoms with Crippen LogP contribution in [0.25, 0.3) is 11.5 Å². The topological polar surface area (TPSA) is 79.5 Å². The molecular formula is C22H18F3N3O3. The largest absolute Gasteiger partial charge is 0.415 e. The van der Waals surface area contributed by atoms with Gasteiger partial charge in [0.15, 0.2) is 0 Å². The van der Waals surface area contributed by atoms with Gasteiger partial charge < -0.3 is 14.4 Å². The summed E-state index contributed by atoms with van der Waals surface area (Å²) < 4.78 is 44.1. The van der Waals surface area contributed by atoms with E-state index in [9.17, 15) is 23.1 Å². The number of hydrogen-bond acceptors (Lipinski definition) is 5. The minimum atomic E-state index is -2.88. The first kappa shape index (κ1) is 19.7. The number of aromatic nitrogens is 2. The van der Waals surface area contributed by atoms with Crippen LogP contribution in [0.4, 0.5) is 13.2 Å². The van der Waals surface area contributed by atoms with E-state index in [1.165, 1.54) is 18.2 Å². The predicted molar refractivity (Wildman–Crippen MR) is 102 cm³/mol. The third-order valence-corrected chi connectivity index (χ3v) is 5.79. The molecule has 6 nitrogen and oxygen atoms in total. The molecule has 9 heteroatoms. The zero-order chi connectivity index (χ0) is 21.7. The molecule has 0 saturated heterocycles. The van der Waals surface area contributed by atoms with Crippen molar-refractivity contribution in [2.75, 3.05) is 0 Å². The van der Waals surface area contributed by atoms with Gasteiger partial charge in [-0.25, -0.2) is 4.39 Å². The second-order valence-electron chi connectivity index (χ2n) is 7.88. The van der Waals surface area contributed by atoms with Gasteiger partial charge in [-0.2, -0.15) is 8.78 Å². The Morgan fingerprint density at radius 3 is 2.61 bits per heavy atom. The third kappa shape index (κ3) is 3.59. The molecule has 160 valence electrons. The summed E-state index contributed by atoms with van der Waals surface area (Å²) in [5.41, 5.74) is 1.93. The normalized spacial score (nSPS) is 17.8. The van der Waals surface area contributed by atoms with Gasteiger partial charge in [-0.3, -0.25) is 4.79 Å². The van der Waals surface area contributed by atoms with Crippen molar-refractivity contribution in [3.8, 4) is 11.5 Å². The maximum Gasteiger partial charge on any atom is 0.314 e. The third-order valence-electron chi connectivity index (χ3n) is 5.79. The Labute approximate surface area is 175 Å². The van der Waals surface area contributed by atoms with E-state index in [4.69, 9.17) is 4.42 Å². The monoisotopic (exact) mass is 429 g/mol. The number of benzene rings is 2. The zero-order valence-electron chi connectivity index (χ0n) is 16.2. The Morgan fingerprint density at radius 2 is 1.94 bits per heavy atom. The second kappa shape index (κ2) is 7.49. The highest BCUT2D eigenvalue weighted by atomic mass is 19.3. The zero-order valence-corrected chi connectivity index (χ0v) is 16.2. The van der Waals surface area contributed by atoms with Crippen molar-refractivity contribution < 1.29 is 27.5 Å². The molecule has 1 aromatic heterocycles. The lowest BCUT2D eigenvalue weighted by Crippen LogP contribution is -2.41. The Hall–Kier alpha value is -3.20. The molecule has 0 spiro atoms. The standard InChI is InChI=1S/C22H18F3N3O3/c23-15-3-1-2-12(8-15)18(29)17(11-4-5-11)28-10-14-7-6-13(9-16(14)22(28)30)20-26-27-21(31-20)19(24)25/h1-3,6-9,11,17-19,29H,4-5,10H2. The Kier molecular flexibility index (Phi) is 4.77. The van der Waals surface area contributed by atoms with E-state index >= 15 is 0 Å². The molecule has 2 aliphatic rings. The van der Waals surface area contributed by atoms with E-state index in [0.717, 1.165) is 18.4 Å². The number of aliphatic hydroxyl groups is 1. The fourth-order valence-electron chi connectivity index (χ4n) is 4.14. The van der Waals surface area contributed by atoms with Crippen molar-refractivity contribution in [2.24, 2.45) is 5.92 Å². The van der Waals surface area contributed by atoms with Crippen LogP contribution in [0.3, 0.4) is 0 Å². The molecule has 2 heterocycles. The number of fused-ring (bicyclic) bond motifs is 1. The molecular weight excluding hydrogens is 411 g/mol. The molecule has 1 amide bonds. The van der Waals surface area contributed by atoms with E-state index in [1.54, 1.807) is 29.2 Å². The van der Waals surface area contributed by atoms with Gasteiger partial charge in [-0.05, 0) is 54.2 Å². The van der Waals surface area contributed by atoms with Crippen LogP contribution in [0.15, 0.2) is 46.9 Å². The Bertz CT molecular complexity index is 1150. The van der Waals surface area contributed by atoms with Gasteiger partial charge in [0.25, 0.3) is 11.8 Å². The first-order valence-electron chi connectivity index (χ1n) is 9.91. The highest BCUT2D eigenvalue weighted by molar-refractivity contribution is 5.99. The summed E-state index contributed by atoms with van der Waals surface area (Å²) in [5, 5.41) is 17.9. The number of alkyl halides is 2. The van der Waals surface area contributed by atoms with E-state index in [2.05, 4.69) is 10.2 Å². The van der Waals surface area contributed by atoms with Gasteiger partial charge in [0.2, 0.25) is 5.89 Å². The Morgan fingerprint density at radius 1 is 1.13 bits per heavy atom. The minimum Gasteiger partial charge on any atom is -0.415 e. The predicted octanol–water partition coefficient (Wildman–Crippen LogP) is 4.28. The molecule has 2 unspecified atom stereocenters. The number of amides is 1. The summed E-state index contributed by atoms with van der Waals surface area (Å²) >= 11 is 0. The van der Waals surface area contributed by atoms with Gasteiger partial charge >= 0.3 is 6.43 Å². The van der Waals surface area contributed by atoms with Crippen molar-refractivity contribution in [3.05, 3.63) is 70.9 Å². The van der Waals surface area contributed by atoms with Crippen LogP contribution < -0.4 is 0 Å². The van der Waals surface area contributed by atoms with Crippen LogP contribution in [0, 0.1) is 11.7 Å². The summed E-state index contributed by atoms with van der Waals surface area (Å²) in [6.45, 7) is 0.300. The lowest BCUT2D eigenvalue weighted by molar-refractivity contribution is 0.0291. The Balaban J connectivity index is 1.44. The molecule has 31 heavy (non-hydrogen) atoms. The number of rotatable bonds is 6. The maximum atomic E-state index is 13.7. The SMILES string of the molecule is O=C1c2cc(-c3nnc(C(F)F)o3)ccc2CN1C(C1CC1)C(O)c1cccc(F)c1. The van der Waals surface area contributed by atoms with Crippen molar-refractivity contribution in [3.63, 3.8) is 0 Å². The van der Waals surface area contributed by atoms with E-state index < -0.39 is 30.3 Å². The molecule has 1 fully saturated rings. The molecule has 1 aliphatic carbocycles. The average Bonchev–Trinajstić information content (AvgIpc) is 3.36. The number of carbonyl (C=O) groups is 1. The van der Waals surface area contributed by atoms with Gasteiger partial charge in [0.1, 0.15) is 5.82 Å². The van der Waals surface area contributed by atoms with Gasteiger partial charge in [0, 0.05) is 17.7 Å². The summed E-state index contributed by atoms with van der Waals surface area (Å²) in [6, 6.07) is 10.2. The van der Waals surface area contributed by atoms with Crippen LogP contribution in [0.5, 0.6) is 0 Å². The van der Waals surface area contributed by atoms with E-state index in [1.807, 2.05) is 0 Å².